The van der Waals surface area contributed by atoms with Crippen molar-refractivity contribution in [3.63, 3.8) is 0 Å². The Morgan fingerprint density at radius 1 is 0.893 bits per heavy atom. The Kier molecular flexibility index (Phi) is 7.98. The molecule has 0 spiro atoms. The first-order chi connectivity index (χ1) is 12.3. The third-order valence-corrected chi connectivity index (χ3v) is 6.85. The second-order valence-electron chi connectivity index (χ2n) is 5.32. The van der Waals surface area contributed by atoms with Gasteiger partial charge in [0.25, 0.3) is 0 Å². The van der Waals surface area contributed by atoms with Crippen LogP contribution in [0.15, 0.2) is 11.6 Å². The van der Waals surface area contributed by atoms with E-state index in [9.17, 15) is 48.7 Å². The van der Waals surface area contributed by atoms with Gasteiger partial charge in [0.2, 0.25) is 0 Å². The van der Waals surface area contributed by atoms with Crippen LogP contribution in [-0.2, 0) is 32.8 Å². The molecule has 0 fully saturated rings. The van der Waals surface area contributed by atoms with Crippen molar-refractivity contribution >= 4 is 32.4 Å². The molecule has 0 unspecified atom stereocenters. The van der Waals surface area contributed by atoms with Crippen molar-refractivity contribution in [3.05, 3.63) is 11.6 Å². The number of carbonyl (C=O) groups excluding carboxylic acids is 2. The minimum atomic E-state index is -6.94. The van der Waals surface area contributed by atoms with Crippen LogP contribution in [0.2, 0.25) is 0 Å². The van der Waals surface area contributed by atoms with E-state index in [0.717, 1.165) is 26.7 Å². The maximum Gasteiger partial charge on any atom is 0.461 e. The highest BCUT2D eigenvalue weighted by atomic mass is 32.3. The van der Waals surface area contributed by atoms with Gasteiger partial charge in [-0.3, -0.25) is 0 Å². The Labute approximate surface area is 156 Å². The van der Waals surface area contributed by atoms with E-state index in [4.69, 9.17) is 0 Å². The third kappa shape index (κ3) is 5.50. The van der Waals surface area contributed by atoms with Crippen molar-refractivity contribution in [1.82, 2.24) is 0 Å². The summed E-state index contributed by atoms with van der Waals surface area (Å²) in [7, 11) is -8.44. The lowest BCUT2D eigenvalue weighted by Gasteiger charge is -2.33. The zero-order valence-corrected chi connectivity index (χ0v) is 16.2. The molecule has 166 valence electrons. The van der Waals surface area contributed by atoms with Crippen molar-refractivity contribution < 1.29 is 61.8 Å². The van der Waals surface area contributed by atoms with Crippen LogP contribution in [0.4, 0.5) is 30.7 Å². The number of rotatable bonds is 8. The molecule has 0 aromatic rings. The van der Waals surface area contributed by atoms with Crippen molar-refractivity contribution in [3.8, 4) is 0 Å². The summed E-state index contributed by atoms with van der Waals surface area (Å²) in [5.74, 6) is -10.3. The molecule has 0 aromatic heterocycles. The number of alkyl halides is 7. The molecular weight excluding hydrogens is 453 g/mol. The Balaban J connectivity index is 5.83. The minimum Gasteiger partial charge on any atom is -0.465 e. The second-order valence-corrected chi connectivity index (χ2v) is 10.5. The van der Waals surface area contributed by atoms with Crippen LogP contribution in [-0.4, -0.2) is 70.2 Å². The van der Waals surface area contributed by atoms with E-state index in [1.165, 1.54) is 0 Å². The summed E-state index contributed by atoms with van der Waals surface area (Å²) >= 11 is 0. The van der Waals surface area contributed by atoms with E-state index < -0.39 is 61.0 Å². The Morgan fingerprint density at radius 2 is 1.29 bits per heavy atom. The maximum atomic E-state index is 13.4. The van der Waals surface area contributed by atoms with Crippen LogP contribution in [0, 0.1) is 0 Å². The number of ether oxygens (including phenoxy) is 2. The number of hydrogen-bond acceptors (Lipinski definition) is 7. The van der Waals surface area contributed by atoms with E-state index in [1.54, 1.807) is 0 Å². The fourth-order valence-electron chi connectivity index (χ4n) is 1.39. The van der Waals surface area contributed by atoms with Gasteiger partial charge in [-0.2, -0.15) is 39.2 Å². The zero-order chi connectivity index (χ0) is 22.8. The Morgan fingerprint density at radius 3 is 1.61 bits per heavy atom. The summed E-state index contributed by atoms with van der Waals surface area (Å²) in [5, 5.41) is -6.64. The zero-order valence-electron chi connectivity index (χ0n) is 14.6. The lowest BCUT2D eigenvalue weighted by atomic mass is 10.2. The molecule has 0 atom stereocenters. The summed E-state index contributed by atoms with van der Waals surface area (Å²) in [6, 6.07) is 0. The van der Waals surface area contributed by atoms with Crippen LogP contribution < -0.4 is 0 Å². The molecule has 28 heavy (non-hydrogen) atoms. The Hall–Kier alpha value is -1.55. The van der Waals surface area contributed by atoms with Crippen LogP contribution in [0.25, 0.3) is 0 Å². The van der Waals surface area contributed by atoms with Gasteiger partial charge in [-0.05, 0) is 12.5 Å². The normalized spacial score (nSPS) is 14.2. The van der Waals surface area contributed by atoms with Crippen molar-refractivity contribution in [2.75, 3.05) is 32.5 Å². The first-order valence-electron chi connectivity index (χ1n) is 6.63. The van der Waals surface area contributed by atoms with Crippen LogP contribution in [0.1, 0.15) is 0 Å². The van der Waals surface area contributed by atoms with Gasteiger partial charge in [0, 0.05) is 5.75 Å². The summed E-state index contributed by atoms with van der Waals surface area (Å²) < 4.78 is 124. The number of esters is 2. The fraction of sp³-hybridized carbons (Fsp3) is 0.667. The summed E-state index contributed by atoms with van der Waals surface area (Å²) in [6.45, 7) is 0. The molecule has 0 aliphatic carbocycles. The lowest BCUT2D eigenvalue weighted by molar-refractivity contribution is -0.333. The number of hydrogen-bond donors (Lipinski definition) is 0. The van der Waals surface area contributed by atoms with Gasteiger partial charge in [0.1, 0.15) is 5.57 Å². The van der Waals surface area contributed by atoms with Crippen molar-refractivity contribution in [2.24, 2.45) is 0 Å². The van der Waals surface area contributed by atoms with Crippen LogP contribution >= 0.6 is 10.3 Å². The summed E-state index contributed by atoms with van der Waals surface area (Å²) in [6.07, 6.45) is -4.62. The molecule has 0 rings (SSSR count). The van der Waals surface area contributed by atoms with E-state index in [1.807, 2.05) is 0 Å². The fourth-order valence-corrected chi connectivity index (χ4v) is 4.89. The van der Waals surface area contributed by atoms with E-state index in [0.29, 0.717) is 6.08 Å². The average molecular weight is 468 g/mol. The Bertz CT molecular complexity index is 724. The number of carbonyl (C=O) groups is 2. The van der Waals surface area contributed by atoms with E-state index in [-0.39, 0.29) is 0 Å². The SMILES string of the molecule is COC(=O)C(=CCS(C)(C)OS(=O)(=O)C(F)(F)C(F)(F)C(F)(F)F)C(=O)OC. The number of halogens is 7. The first kappa shape index (κ1) is 26.4. The maximum absolute atomic E-state index is 13.4. The molecule has 0 saturated heterocycles. The first-order valence-corrected chi connectivity index (χ1v) is 10.6. The highest BCUT2D eigenvalue weighted by Gasteiger charge is 2.79. The monoisotopic (exact) mass is 468 g/mol. The highest BCUT2D eigenvalue weighted by molar-refractivity contribution is 8.32. The molecule has 0 aliphatic heterocycles. The molecule has 0 amide bonds. The van der Waals surface area contributed by atoms with Crippen LogP contribution in [0.3, 0.4) is 0 Å². The minimum absolute atomic E-state index is 0.655. The van der Waals surface area contributed by atoms with Gasteiger partial charge in [0.05, 0.1) is 14.2 Å². The van der Waals surface area contributed by atoms with Crippen molar-refractivity contribution in [1.29, 1.82) is 0 Å². The quantitative estimate of drug-likeness (QED) is 0.177. The largest absolute Gasteiger partial charge is 0.465 e. The lowest BCUT2D eigenvalue weighted by Crippen LogP contribution is -2.56. The van der Waals surface area contributed by atoms with Gasteiger partial charge in [-0.15, -0.1) is 10.3 Å². The van der Waals surface area contributed by atoms with E-state index in [2.05, 4.69) is 13.1 Å². The molecule has 0 N–H and O–H groups in total. The van der Waals surface area contributed by atoms with Gasteiger partial charge in [-0.25, -0.2) is 13.2 Å². The number of methoxy groups -OCH3 is 2. The van der Waals surface area contributed by atoms with Crippen molar-refractivity contribution in [2.45, 2.75) is 17.4 Å². The van der Waals surface area contributed by atoms with Gasteiger partial charge >= 0.3 is 39.4 Å². The molecule has 7 nitrogen and oxygen atoms in total. The molecule has 0 saturated carbocycles. The molecule has 16 heteroatoms. The average Bonchev–Trinajstić information content (AvgIpc) is 2.51. The molecule has 0 aromatic carbocycles. The molecule has 0 bridgehead atoms. The summed E-state index contributed by atoms with van der Waals surface area (Å²) in [4.78, 5) is 22.9. The molecule has 0 heterocycles. The third-order valence-electron chi connectivity index (χ3n) is 2.81. The van der Waals surface area contributed by atoms with E-state index >= 15 is 0 Å². The van der Waals surface area contributed by atoms with Crippen LogP contribution in [0.5, 0.6) is 0 Å². The topological polar surface area (TPSA) is 96.0 Å². The predicted molar refractivity (Wildman–Crippen MR) is 82.4 cm³/mol. The molecule has 0 aliphatic rings. The summed E-state index contributed by atoms with van der Waals surface area (Å²) in [5.41, 5.74) is -0.807. The smallest absolute Gasteiger partial charge is 0.461 e. The highest BCUT2D eigenvalue weighted by Crippen LogP contribution is 2.53. The van der Waals surface area contributed by atoms with Gasteiger partial charge in [-0.1, -0.05) is 6.08 Å². The predicted octanol–water partition coefficient (Wildman–Crippen LogP) is 2.37. The van der Waals surface area contributed by atoms with Gasteiger partial charge < -0.3 is 9.47 Å². The second kappa shape index (κ2) is 8.44. The standard InChI is InChI=1S/C12H15F7O7S2/c1-24-8(20)7(9(21)25-2)5-6-27(3,4)26-28(22,23)12(18,19)10(13,14)11(15,16)17/h5H,6H2,1-4H3. The molecule has 0 radical (unpaired) electrons. The van der Waals surface area contributed by atoms with Gasteiger partial charge in [0.15, 0.2) is 0 Å². The molecular formula is C12H15F7O7S2.